The van der Waals surface area contributed by atoms with Gasteiger partial charge in [0.25, 0.3) is 0 Å². The smallest absolute Gasteiger partial charge is 0.435 e. The predicted octanol–water partition coefficient (Wildman–Crippen LogP) is 2.95. The molecule has 0 aliphatic heterocycles. The van der Waals surface area contributed by atoms with Crippen molar-refractivity contribution in [3.05, 3.63) is 35.2 Å². The first-order chi connectivity index (χ1) is 8.40. The summed E-state index contributed by atoms with van der Waals surface area (Å²) in [7, 11) is 1.42. The zero-order chi connectivity index (χ0) is 13.3. The minimum atomic E-state index is -4.49. The highest BCUT2D eigenvalue weighted by Crippen LogP contribution is 2.28. The molecule has 0 radical (unpaired) electrons. The van der Waals surface area contributed by atoms with Crippen LogP contribution in [0.25, 0.3) is 5.82 Å². The zero-order valence-corrected chi connectivity index (χ0v) is 9.83. The molecule has 2 heterocycles. The number of rotatable bonds is 2. The van der Waals surface area contributed by atoms with Crippen molar-refractivity contribution in [2.45, 2.75) is 6.18 Å². The molecule has 8 heteroatoms. The van der Waals surface area contributed by atoms with Crippen molar-refractivity contribution in [2.75, 3.05) is 7.11 Å². The van der Waals surface area contributed by atoms with Gasteiger partial charge >= 0.3 is 6.18 Å². The Morgan fingerprint density at radius 2 is 2.06 bits per heavy atom. The van der Waals surface area contributed by atoms with Crippen LogP contribution in [-0.2, 0) is 6.18 Å². The Labute approximate surface area is 105 Å². The summed E-state index contributed by atoms with van der Waals surface area (Å²) in [5.41, 5.74) is -0.997. The van der Waals surface area contributed by atoms with Crippen molar-refractivity contribution in [2.24, 2.45) is 0 Å². The van der Waals surface area contributed by atoms with E-state index in [4.69, 9.17) is 16.3 Å². The van der Waals surface area contributed by atoms with Gasteiger partial charge in [0.15, 0.2) is 11.5 Å². The number of nitrogens with zero attached hydrogens (tertiary/aromatic N) is 3. The lowest BCUT2D eigenvalue weighted by Gasteiger charge is -2.05. The van der Waals surface area contributed by atoms with Crippen molar-refractivity contribution < 1.29 is 17.9 Å². The molecule has 0 fully saturated rings. The van der Waals surface area contributed by atoms with Gasteiger partial charge < -0.3 is 4.74 Å². The lowest BCUT2D eigenvalue weighted by Crippen LogP contribution is -2.07. The zero-order valence-electron chi connectivity index (χ0n) is 9.07. The van der Waals surface area contributed by atoms with E-state index < -0.39 is 11.9 Å². The largest absolute Gasteiger partial charge is 0.497 e. The van der Waals surface area contributed by atoms with E-state index in [1.807, 2.05) is 0 Å². The highest BCUT2D eigenvalue weighted by molar-refractivity contribution is 6.29. The Morgan fingerprint density at radius 3 is 2.61 bits per heavy atom. The van der Waals surface area contributed by atoms with Crippen LogP contribution in [0.1, 0.15) is 5.69 Å². The van der Waals surface area contributed by atoms with Crippen LogP contribution in [0, 0.1) is 0 Å². The molecule has 18 heavy (non-hydrogen) atoms. The number of aromatic nitrogens is 3. The third-order valence-electron chi connectivity index (χ3n) is 2.10. The fourth-order valence-electron chi connectivity index (χ4n) is 1.30. The molecule has 0 saturated heterocycles. The maximum atomic E-state index is 12.4. The Morgan fingerprint density at radius 1 is 1.33 bits per heavy atom. The van der Waals surface area contributed by atoms with Gasteiger partial charge in [0.05, 0.1) is 7.11 Å². The van der Waals surface area contributed by atoms with Gasteiger partial charge in [-0.1, -0.05) is 11.6 Å². The van der Waals surface area contributed by atoms with E-state index in [1.54, 1.807) is 0 Å². The fourth-order valence-corrected chi connectivity index (χ4v) is 1.49. The standard InChI is InChI=1S/C10H7ClF3N3O/c1-18-6-4-8(11)15-9(5-6)17-3-2-7(16-17)10(12,13)14/h2-5H,1H3. The Hall–Kier alpha value is -1.76. The van der Waals surface area contributed by atoms with E-state index in [0.29, 0.717) is 5.75 Å². The van der Waals surface area contributed by atoms with Gasteiger partial charge in [-0.25, -0.2) is 9.67 Å². The van der Waals surface area contributed by atoms with Gasteiger partial charge in [-0.15, -0.1) is 0 Å². The molecule has 0 aliphatic carbocycles. The summed E-state index contributed by atoms with van der Waals surface area (Å²) in [4.78, 5) is 3.87. The van der Waals surface area contributed by atoms with Crippen LogP contribution in [0.15, 0.2) is 24.4 Å². The highest BCUT2D eigenvalue weighted by Gasteiger charge is 2.33. The van der Waals surface area contributed by atoms with Crippen molar-refractivity contribution in [1.29, 1.82) is 0 Å². The molecule has 2 aromatic heterocycles. The minimum Gasteiger partial charge on any atom is -0.497 e. The summed E-state index contributed by atoms with van der Waals surface area (Å²) in [6, 6.07) is 3.73. The molecule has 2 rings (SSSR count). The summed E-state index contributed by atoms with van der Waals surface area (Å²) in [5.74, 6) is 0.531. The maximum Gasteiger partial charge on any atom is 0.435 e. The quantitative estimate of drug-likeness (QED) is 0.793. The monoisotopic (exact) mass is 277 g/mol. The molecular weight excluding hydrogens is 271 g/mol. The number of ether oxygens (including phenoxy) is 1. The molecule has 0 atom stereocenters. The summed E-state index contributed by atoms with van der Waals surface area (Å²) in [5, 5.41) is 3.49. The first kappa shape index (κ1) is 12.7. The van der Waals surface area contributed by atoms with Gasteiger partial charge in [-0.3, -0.25) is 0 Å². The van der Waals surface area contributed by atoms with E-state index in [1.165, 1.54) is 19.2 Å². The van der Waals surface area contributed by atoms with Gasteiger partial charge in [-0.05, 0) is 6.07 Å². The summed E-state index contributed by atoms with van der Waals surface area (Å²) in [6.45, 7) is 0. The lowest BCUT2D eigenvalue weighted by atomic mass is 10.4. The van der Waals surface area contributed by atoms with E-state index in [9.17, 15) is 13.2 Å². The number of halogens is 4. The molecule has 0 unspecified atom stereocenters. The van der Waals surface area contributed by atoms with Crippen LogP contribution in [0.2, 0.25) is 5.15 Å². The third kappa shape index (κ3) is 2.56. The molecule has 2 aromatic rings. The average Bonchev–Trinajstić information content (AvgIpc) is 2.77. The third-order valence-corrected chi connectivity index (χ3v) is 2.30. The van der Waals surface area contributed by atoms with E-state index >= 15 is 0 Å². The predicted molar refractivity (Wildman–Crippen MR) is 57.9 cm³/mol. The Kier molecular flexibility index (Phi) is 3.16. The molecule has 96 valence electrons. The van der Waals surface area contributed by atoms with Gasteiger partial charge in [0, 0.05) is 18.3 Å². The first-order valence-electron chi connectivity index (χ1n) is 4.75. The molecule has 0 aromatic carbocycles. The van der Waals surface area contributed by atoms with Crippen LogP contribution in [0.4, 0.5) is 13.2 Å². The van der Waals surface area contributed by atoms with Crippen LogP contribution >= 0.6 is 11.6 Å². The molecule has 0 spiro atoms. The van der Waals surface area contributed by atoms with E-state index in [0.717, 1.165) is 16.9 Å². The molecular formula is C10H7ClF3N3O. The van der Waals surface area contributed by atoms with Crippen LogP contribution in [0.5, 0.6) is 5.75 Å². The van der Waals surface area contributed by atoms with Gasteiger partial charge in [0.2, 0.25) is 0 Å². The highest BCUT2D eigenvalue weighted by atomic mass is 35.5. The summed E-state index contributed by atoms with van der Waals surface area (Å²) < 4.78 is 43.1. The number of hydrogen-bond donors (Lipinski definition) is 0. The summed E-state index contributed by atoms with van der Waals surface area (Å²) in [6.07, 6.45) is -3.34. The second-order valence-electron chi connectivity index (χ2n) is 3.33. The normalized spacial score (nSPS) is 11.6. The van der Waals surface area contributed by atoms with Gasteiger partial charge in [-0.2, -0.15) is 18.3 Å². The molecule has 0 aliphatic rings. The molecule has 0 N–H and O–H groups in total. The SMILES string of the molecule is COc1cc(Cl)nc(-n2ccc(C(F)(F)F)n2)c1. The second-order valence-corrected chi connectivity index (χ2v) is 3.72. The van der Waals surface area contributed by atoms with Crippen molar-refractivity contribution in [3.8, 4) is 11.6 Å². The summed E-state index contributed by atoms with van der Waals surface area (Å²) >= 11 is 5.72. The van der Waals surface area contributed by atoms with Crippen LogP contribution in [-0.4, -0.2) is 21.9 Å². The minimum absolute atomic E-state index is 0.105. The number of methoxy groups -OCH3 is 1. The number of pyridine rings is 1. The molecule has 0 bridgehead atoms. The lowest BCUT2D eigenvalue weighted by molar-refractivity contribution is -0.141. The first-order valence-corrected chi connectivity index (χ1v) is 5.13. The Bertz CT molecular complexity index is 568. The average molecular weight is 278 g/mol. The molecule has 4 nitrogen and oxygen atoms in total. The topological polar surface area (TPSA) is 39.9 Å². The van der Waals surface area contributed by atoms with Crippen molar-refractivity contribution in [3.63, 3.8) is 0 Å². The van der Waals surface area contributed by atoms with Crippen molar-refractivity contribution in [1.82, 2.24) is 14.8 Å². The number of hydrogen-bond acceptors (Lipinski definition) is 3. The van der Waals surface area contributed by atoms with Crippen molar-refractivity contribution >= 4 is 11.6 Å². The van der Waals surface area contributed by atoms with E-state index in [2.05, 4.69) is 10.1 Å². The Balaban J connectivity index is 2.43. The van der Waals surface area contributed by atoms with Gasteiger partial charge in [0.1, 0.15) is 10.9 Å². The van der Waals surface area contributed by atoms with Crippen LogP contribution < -0.4 is 4.74 Å². The van der Waals surface area contributed by atoms with E-state index in [-0.39, 0.29) is 11.0 Å². The van der Waals surface area contributed by atoms with Crippen LogP contribution in [0.3, 0.4) is 0 Å². The molecule has 0 saturated carbocycles. The maximum absolute atomic E-state index is 12.4. The second kappa shape index (κ2) is 4.49. The fraction of sp³-hybridized carbons (Fsp3) is 0.200. The number of alkyl halides is 3. The molecule has 0 amide bonds.